The van der Waals surface area contributed by atoms with E-state index < -0.39 is 0 Å². The van der Waals surface area contributed by atoms with E-state index in [4.69, 9.17) is 4.74 Å². The molecule has 0 bridgehead atoms. The van der Waals surface area contributed by atoms with Gasteiger partial charge in [-0.1, -0.05) is 30.0 Å². The first kappa shape index (κ1) is 18.1. The van der Waals surface area contributed by atoms with Crippen molar-refractivity contribution in [3.05, 3.63) is 64.4 Å². The fourth-order valence-electron chi connectivity index (χ4n) is 2.07. The summed E-state index contributed by atoms with van der Waals surface area (Å²) in [7, 11) is 1.56. The average Bonchev–Trinajstić information content (AvgIpc) is 3.22. The van der Waals surface area contributed by atoms with E-state index in [-0.39, 0.29) is 17.4 Å². The van der Waals surface area contributed by atoms with Crippen LogP contribution in [0.1, 0.15) is 20.0 Å². The SMILES string of the molecule is COc1cccc(C(=O)CSc2ccc(NC(=O)c3cccs3)nn2)c1. The zero-order valence-electron chi connectivity index (χ0n) is 13.8. The van der Waals surface area contributed by atoms with Crippen molar-refractivity contribution < 1.29 is 14.3 Å². The topological polar surface area (TPSA) is 81.2 Å². The van der Waals surface area contributed by atoms with Gasteiger partial charge in [-0.05, 0) is 35.7 Å². The van der Waals surface area contributed by atoms with Gasteiger partial charge in [0.05, 0.1) is 17.7 Å². The molecule has 3 aromatic rings. The quantitative estimate of drug-likeness (QED) is 0.492. The first-order chi connectivity index (χ1) is 12.7. The molecule has 0 saturated carbocycles. The molecule has 132 valence electrons. The molecule has 0 unspecified atom stereocenters. The predicted octanol–water partition coefficient (Wildman–Crippen LogP) is 3.77. The van der Waals surface area contributed by atoms with Crippen molar-refractivity contribution in [2.75, 3.05) is 18.2 Å². The van der Waals surface area contributed by atoms with Crippen LogP contribution in [-0.4, -0.2) is 34.8 Å². The molecule has 0 fully saturated rings. The van der Waals surface area contributed by atoms with Gasteiger partial charge in [-0.3, -0.25) is 9.59 Å². The average molecular weight is 385 g/mol. The fourth-order valence-corrected chi connectivity index (χ4v) is 3.40. The second kappa shape index (κ2) is 8.59. The summed E-state index contributed by atoms with van der Waals surface area (Å²) in [5, 5.41) is 13.1. The summed E-state index contributed by atoms with van der Waals surface area (Å²) in [5.41, 5.74) is 0.588. The van der Waals surface area contributed by atoms with Crippen LogP contribution in [0.15, 0.2) is 58.9 Å². The minimum Gasteiger partial charge on any atom is -0.497 e. The molecule has 6 nitrogen and oxygen atoms in total. The Morgan fingerprint density at radius 2 is 2.04 bits per heavy atom. The molecule has 1 N–H and O–H groups in total. The number of Topliss-reactive ketones (excluding diaryl/α,β-unsaturated/α-hetero) is 1. The number of amides is 1. The Labute approximate surface area is 158 Å². The Morgan fingerprint density at radius 1 is 1.15 bits per heavy atom. The highest BCUT2D eigenvalue weighted by molar-refractivity contribution is 7.99. The fraction of sp³-hybridized carbons (Fsp3) is 0.111. The maximum Gasteiger partial charge on any atom is 0.266 e. The van der Waals surface area contributed by atoms with E-state index in [9.17, 15) is 9.59 Å². The molecule has 3 rings (SSSR count). The van der Waals surface area contributed by atoms with Crippen LogP contribution in [0.4, 0.5) is 5.82 Å². The molecule has 0 spiro atoms. The van der Waals surface area contributed by atoms with E-state index >= 15 is 0 Å². The molecule has 1 aromatic carbocycles. The number of benzene rings is 1. The number of methoxy groups -OCH3 is 1. The van der Waals surface area contributed by atoms with Gasteiger partial charge in [0.25, 0.3) is 5.91 Å². The van der Waals surface area contributed by atoms with Crippen LogP contribution in [0.3, 0.4) is 0 Å². The molecular weight excluding hydrogens is 370 g/mol. The number of carbonyl (C=O) groups excluding carboxylic acids is 2. The minimum atomic E-state index is -0.220. The van der Waals surface area contributed by atoms with Crippen molar-refractivity contribution in [1.82, 2.24) is 10.2 Å². The zero-order chi connectivity index (χ0) is 18.4. The Bertz CT molecular complexity index is 896. The molecule has 0 aliphatic heterocycles. The van der Waals surface area contributed by atoms with Gasteiger partial charge in [0.15, 0.2) is 11.6 Å². The molecule has 26 heavy (non-hydrogen) atoms. The summed E-state index contributed by atoms with van der Waals surface area (Å²) >= 11 is 2.64. The van der Waals surface area contributed by atoms with Gasteiger partial charge in [-0.2, -0.15) is 0 Å². The Balaban J connectivity index is 1.55. The second-order valence-corrected chi connectivity index (χ2v) is 7.08. The third-order valence-corrected chi connectivity index (χ3v) is 5.16. The van der Waals surface area contributed by atoms with Crippen LogP contribution in [0, 0.1) is 0 Å². The van der Waals surface area contributed by atoms with Crippen LogP contribution in [-0.2, 0) is 0 Å². The summed E-state index contributed by atoms with van der Waals surface area (Å²) in [6, 6.07) is 14.0. The number of nitrogens with zero attached hydrogens (tertiary/aromatic N) is 2. The summed E-state index contributed by atoms with van der Waals surface area (Å²) in [6.45, 7) is 0. The molecule has 0 atom stereocenters. The summed E-state index contributed by atoms with van der Waals surface area (Å²) in [4.78, 5) is 24.8. The van der Waals surface area contributed by atoms with Gasteiger partial charge < -0.3 is 10.1 Å². The first-order valence-electron chi connectivity index (χ1n) is 7.64. The molecule has 0 radical (unpaired) electrons. The van der Waals surface area contributed by atoms with Crippen LogP contribution in [0.5, 0.6) is 5.75 Å². The highest BCUT2D eigenvalue weighted by atomic mass is 32.2. The number of thiophene rings is 1. The lowest BCUT2D eigenvalue weighted by Crippen LogP contribution is -2.11. The number of nitrogens with one attached hydrogen (secondary N) is 1. The van der Waals surface area contributed by atoms with Crippen molar-refractivity contribution in [3.8, 4) is 5.75 Å². The molecule has 2 aromatic heterocycles. The van der Waals surface area contributed by atoms with Crippen molar-refractivity contribution in [2.24, 2.45) is 0 Å². The van der Waals surface area contributed by atoms with Crippen molar-refractivity contribution in [2.45, 2.75) is 5.03 Å². The lowest BCUT2D eigenvalue weighted by atomic mass is 10.1. The van der Waals surface area contributed by atoms with E-state index in [2.05, 4.69) is 15.5 Å². The van der Waals surface area contributed by atoms with E-state index in [1.165, 1.54) is 23.1 Å². The van der Waals surface area contributed by atoms with Crippen LogP contribution in [0.2, 0.25) is 0 Å². The predicted molar refractivity (Wildman–Crippen MR) is 102 cm³/mol. The highest BCUT2D eigenvalue weighted by Crippen LogP contribution is 2.20. The number of ether oxygens (including phenoxy) is 1. The Morgan fingerprint density at radius 3 is 2.73 bits per heavy atom. The maximum absolute atomic E-state index is 12.2. The smallest absolute Gasteiger partial charge is 0.266 e. The van der Waals surface area contributed by atoms with E-state index in [0.29, 0.717) is 27.0 Å². The number of hydrogen-bond acceptors (Lipinski definition) is 7. The van der Waals surface area contributed by atoms with Gasteiger partial charge in [0.2, 0.25) is 0 Å². The van der Waals surface area contributed by atoms with Crippen LogP contribution >= 0.6 is 23.1 Å². The molecule has 0 aliphatic carbocycles. The second-order valence-electron chi connectivity index (χ2n) is 5.13. The molecule has 0 saturated heterocycles. The number of ketones is 1. The van der Waals surface area contributed by atoms with Crippen molar-refractivity contribution in [1.29, 1.82) is 0 Å². The lowest BCUT2D eigenvalue weighted by molar-refractivity contribution is 0.101. The third-order valence-electron chi connectivity index (χ3n) is 3.37. The Kier molecular flexibility index (Phi) is 5.98. The number of thioether (sulfide) groups is 1. The molecular formula is C18H15N3O3S2. The van der Waals surface area contributed by atoms with E-state index in [1.54, 1.807) is 49.6 Å². The standard InChI is InChI=1S/C18H15N3O3S2/c1-24-13-5-2-4-12(10-13)14(22)11-26-17-8-7-16(20-21-17)19-18(23)15-6-3-9-25-15/h2-10H,11H2,1H3,(H,19,20,23). The monoisotopic (exact) mass is 385 g/mol. The maximum atomic E-state index is 12.2. The summed E-state index contributed by atoms with van der Waals surface area (Å²) < 4.78 is 5.12. The van der Waals surface area contributed by atoms with Gasteiger partial charge in [0, 0.05) is 5.56 Å². The van der Waals surface area contributed by atoms with E-state index in [0.717, 1.165) is 0 Å². The number of anilines is 1. The third kappa shape index (κ3) is 4.68. The summed E-state index contributed by atoms with van der Waals surface area (Å²) in [6.07, 6.45) is 0. The van der Waals surface area contributed by atoms with Crippen molar-refractivity contribution >= 4 is 40.6 Å². The first-order valence-corrected chi connectivity index (χ1v) is 9.51. The number of carbonyl (C=O) groups is 2. The number of hydrogen-bond donors (Lipinski definition) is 1. The van der Waals surface area contributed by atoms with Gasteiger partial charge in [0.1, 0.15) is 10.8 Å². The largest absolute Gasteiger partial charge is 0.497 e. The zero-order valence-corrected chi connectivity index (χ0v) is 15.5. The molecule has 8 heteroatoms. The molecule has 0 aliphatic rings. The van der Waals surface area contributed by atoms with Crippen LogP contribution in [0.25, 0.3) is 0 Å². The van der Waals surface area contributed by atoms with Gasteiger partial charge in [-0.25, -0.2) is 0 Å². The summed E-state index contributed by atoms with van der Waals surface area (Å²) in [5.74, 6) is 1.01. The lowest BCUT2D eigenvalue weighted by Gasteiger charge is -2.05. The molecule has 2 heterocycles. The minimum absolute atomic E-state index is 0.0224. The van der Waals surface area contributed by atoms with Crippen LogP contribution < -0.4 is 10.1 Å². The highest BCUT2D eigenvalue weighted by Gasteiger charge is 2.10. The Hall–Kier alpha value is -2.71. The van der Waals surface area contributed by atoms with Gasteiger partial charge in [-0.15, -0.1) is 21.5 Å². The van der Waals surface area contributed by atoms with Crippen molar-refractivity contribution in [3.63, 3.8) is 0 Å². The van der Waals surface area contributed by atoms with Gasteiger partial charge >= 0.3 is 0 Å². The number of aromatic nitrogens is 2. The normalized spacial score (nSPS) is 10.3. The number of rotatable bonds is 7. The van der Waals surface area contributed by atoms with E-state index in [1.807, 2.05) is 11.4 Å². The molecule has 1 amide bonds.